The summed E-state index contributed by atoms with van der Waals surface area (Å²) in [6.45, 7) is 5.55. The van der Waals surface area contributed by atoms with Crippen LogP contribution in [0.15, 0.2) is 12.1 Å². The molecule has 0 saturated carbocycles. The van der Waals surface area contributed by atoms with Crippen LogP contribution < -0.4 is 4.74 Å². The molecule has 1 rings (SSSR count). The fourth-order valence-electron chi connectivity index (χ4n) is 1.86. The molecule has 1 amide bonds. The second-order valence-electron chi connectivity index (χ2n) is 5.90. The second kappa shape index (κ2) is 6.20. The molecule has 0 aliphatic carbocycles. The highest BCUT2D eigenvalue weighted by Crippen LogP contribution is 2.34. The summed E-state index contributed by atoms with van der Waals surface area (Å²) < 4.78 is 32.7. The highest BCUT2D eigenvalue weighted by atomic mass is 19.1. The van der Waals surface area contributed by atoms with E-state index >= 15 is 0 Å². The van der Waals surface area contributed by atoms with Crippen molar-refractivity contribution in [3.8, 4) is 5.75 Å². The minimum atomic E-state index is -0.690. The van der Waals surface area contributed by atoms with Crippen molar-refractivity contribution < 1.29 is 18.3 Å². The summed E-state index contributed by atoms with van der Waals surface area (Å²) in [6, 6.07) is 2.00. The van der Waals surface area contributed by atoms with Gasteiger partial charge in [-0.2, -0.15) is 0 Å². The molecule has 0 bridgehead atoms. The maximum absolute atomic E-state index is 13.9. The molecule has 0 aromatic heterocycles. The average Bonchev–Trinajstić information content (AvgIpc) is 2.25. The van der Waals surface area contributed by atoms with E-state index in [-0.39, 0.29) is 24.7 Å². The predicted octanol–water partition coefficient (Wildman–Crippen LogP) is 3.12. The Morgan fingerprint density at radius 2 is 1.85 bits per heavy atom. The first-order valence-electron chi connectivity index (χ1n) is 6.45. The molecule has 0 spiro atoms. The molecular weight excluding hydrogens is 264 g/mol. The van der Waals surface area contributed by atoms with Crippen LogP contribution in [0.2, 0.25) is 0 Å². The van der Waals surface area contributed by atoms with E-state index in [2.05, 4.69) is 0 Å². The molecule has 3 nitrogen and oxygen atoms in total. The summed E-state index contributed by atoms with van der Waals surface area (Å²) in [4.78, 5) is 12.9. The summed E-state index contributed by atoms with van der Waals surface area (Å²) in [5.41, 5.74) is -0.199. The van der Waals surface area contributed by atoms with Gasteiger partial charge in [0, 0.05) is 31.8 Å². The van der Waals surface area contributed by atoms with Gasteiger partial charge >= 0.3 is 0 Å². The van der Waals surface area contributed by atoms with Crippen molar-refractivity contribution in [1.82, 2.24) is 4.90 Å². The van der Waals surface area contributed by atoms with Gasteiger partial charge in [-0.3, -0.25) is 4.79 Å². The minimum Gasteiger partial charge on any atom is -0.493 e. The zero-order chi connectivity index (χ0) is 15.5. The number of benzene rings is 1. The molecule has 0 unspecified atom stereocenters. The SMILES string of the molecule is CN(C)C(=O)CCOc1cc(F)cc(F)c1C(C)(C)C. The zero-order valence-corrected chi connectivity index (χ0v) is 12.6. The number of amides is 1. The zero-order valence-electron chi connectivity index (χ0n) is 12.6. The second-order valence-corrected chi connectivity index (χ2v) is 5.90. The van der Waals surface area contributed by atoms with Gasteiger partial charge in [0.15, 0.2) is 0 Å². The number of hydrogen-bond donors (Lipinski definition) is 0. The van der Waals surface area contributed by atoms with Gasteiger partial charge in [-0.1, -0.05) is 20.8 Å². The van der Waals surface area contributed by atoms with Crippen LogP contribution in [0, 0.1) is 11.6 Å². The lowest BCUT2D eigenvalue weighted by Gasteiger charge is -2.23. The Bertz CT molecular complexity index is 493. The maximum Gasteiger partial charge on any atom is 0.225 e. The van der Waals surface area contributed by atoms with E-state index in [1.54, 1.807) is 14.1 Å². The fraction of sp³-hybridized carbons (Fsp3) is 0.533. The number of halogens is 2. The van der Waals surface area contributed by atoms with Crippen LogP contribution in [0.5, 0.6) is 5.75 Å². The van der Waals surface area contributed by atoms with Gasteiger partial charge in [0.25, 0.3) is 0 Å². The normalized spacial score (nSPS) is 11.3. The molecule has 0 radical (unpaired) electrons. The monoisotopic (exact) mass is 285 g/mol. The molecule has 1 aromatic rings. The molecular formula is C15H21F2NO2. The van der Waals surface area contributed by atoms with E-state index in [1.807, 2.05) is 20.8 Å². The lowest BCUT2D eigenvalue weighted by Crippen LogP contribution is -2.24. The van der Waals surface area contributed by atoms with Gasteiger partial charge in [0.2, 0.25) is 5.91 Å². The van der Waals surface area contributed by atoms with Crippen molar-refractivity contribution in [1.29, 1.82) is 0 Å². The summed E-state index contributed by atoms with van der Waals surface area (Å²) in [5.74, 6) is -1.27. The van der Waals surface area contributed by atoms with Gasteiger partial charge in [-0.25, -0.2) is 8.78 Å². The number of hydrogen-bond acceptors (Lipinski definition) is 2. The number of carbonyl (C=O) groups is 1. The van der Waals surface area contributed by atoms with E-state index in [9.17, 15) is 13.6 Å². The summed E-state index contributed by atoms with van der Waals surface area (Å²) in [6.07, 6.45) is 0.161. The first-order chi connectivity index (χ1) is 9.12. The molecule has 0 N–H and O–H groups in total. The number of carbonyl (C=O) groups excluding carboxylic acids is 1. The molecule has 0 saturated heterocycles. The Balaban J connectivity index is 2.92. The third kappa shape index (κ3) is 4.18. The highest BCUT2D eigenvalue weighted by molar-refractivity contribution is 5.75. The molecule has 0 fully saturated rings. The Labute approximate surface area is 118 Å². The summed E-state index contributed by atoms with van der Waals surface area (Å²) in [5, 5.41) is 0. The predicted molar refractivity (Wildman–Crippen MR) is 73.9 cm³/mol. The van der Waals surface area contributed by atoms with Gasteiger partial charge in [-0.05, 0) is 5.41 Å². The Kier molecular flexibility index (Phi) is 5.09. The molecule has 0 aliphatic heterocycles. The van der Waals surface area contributed by atoms with E-state index in [4.69, 9.17) is 4.74 Å². The van der Waals surface area contributed by atoms with E-state index < -0.39 is 17.0 Å². The van der Waals surface area contributed by atoms with Crippen molar-refractivity contribution in [2.75, 3.05) is 20.7 Å². The fourth-order valence-corrected chi connectivity index (χ4v) is 1.86. The van der Waals surface area contributed by atoms with Crippen molar-refractivity contribution in [2.45, 2.75) is 32.6 Å². The molecule has 20 heavy (non-hydrogen) atoms. The van der Waals surface area contributed by atoms with E-state index in [1.165, 1.54) is 4.90 Å². The van der Waals surface area contributed by atoms with Gasteiger partial charge < -0.3 is 9.64 Å². The van der Waals surface area contributed by atoms with Crippen LogP contribution in [0.4, 0.5) is 8.78 Å². The van der Waals surface area contributed by atoms with Crippen LogP contribution in [0.3, 0.4) is 0 Å². The Morgan fingerprint density at radius 1 is 1.25 bits per heavy atom. The summed E-state index contributed by atoms with van der Waals surface area (Å²) >= 11 is 0. The highest BCUT2D eigenvalue weighted by Gasteiger charge is 2.24. The van der Waals surface area contributed by atoms with Crippen molar-refractivity contribution in [3.05, 3.63) is 29.3 Å². The average molecular weight is 285 g/mol. The van der Waals surface area contributed by atoms with Crippen molar-refractivity contribution in [2.24, 2.45) is 0 Å². The molecule has 5 heteroatoms. The quantitative estimate of drug-likeness (QED) is 0.850. The molecule has 0 atom stereocenters. The lowest BCUT2D eigenvalue weighted by molar-refractivity contribution is -0.129. The summed E-state index contributed by atoms with van der Waals surface area (Å²) in [7, 11) is 3.29. The smallest absolute Gasteiger partial charge is 0.225 e. The Morgan fingerprint density at radius 3 is 2.35 bits per heavy atom. The van der Waals surface area contributed by atoms with E-state index in [0.29, 0.717) is 5.56 Å². The first kappa shape index (κ1) is 16.4. The van der Waals surface area contributed by atoms with Crippen LogP contribution in [-0.4, -0.2) is 31.5 Å². The van der Waals surface area contributed by atoms with Crippen LogP contribution in [-0.2, 0) is 10.2 Å². The third-order valence-electron chi connectivity index (χ3n) is 2.84. The number of rotatable bonds is 4. The van der Waals surface area contributed by atoms with Crippen LogP contribution in [0.25, 0.3) is 0 Å². The largest absolute Gasteiger partial charge is 0.493 e. The van der Waals surface area contributed by atoms with Crippen molar-refractivity contribution in [3.63, 3.8) is 0 Å². The number of nitrogens with zero attached hydrogens (tertiary/aromatic N) is 1. The van der Waals surface area contributed by atoms with Crippen molar-refractivity contribution >= 4 is 5.91 Å². The maximum atomic E-state index is 13.9. The standard InChI is InChI=1S/C15H21F2NO2/c1-15(2,3)14-11(17)8-10(16)9-12(14)20-7-6-13(19)18(4)5/h8-9H,6-7H2,1-5H3. The van der Waals surface area contributed by atoms with E-state index in [0.717, 1.165) is 12.1 Å². The van der Waals surface area contributed by atoms with Gasteiger partial charge in [0.05, 0.1) is 13.0 Å². The third-order valence-corrected chi connectivity index (χ3v) is 2.84. The van der Waals surface area contributed by atoms with Crippen LogP contribution >= 0.6 is 0 Å². The molecule has 0 heterocycles. The minimum absolute atomic E-state index is 0.0863. The first-order valence-corrected chi connectivity index (χ1v) is 6.45. The lowest BCUT2D eigenvalue weighted by atomic mass is 9.86. The van der Waals surface area contributed by atoms with Crippen LogP contribution in [0.1, 0.15) is 32.8 Å². The van der Waals surface area contributed by atoms with Gasteiger partial charge in [0.1, 0.15) is 17.4 Å². The Hall–Kier alpha value is -1.65. The topological polar surface area (TPSA) is 29.5 Å². The molecule has 112 valence electrons. The molecule has 0 aliphatic rings. The number of ether oxygens (including phenoxy) is 1. The molecule has 1 aromatic carbocycles. The van der Waals surface area contributed by atoms with Gasteiger partial charge in [-0.15, -0.1) is 0 Å².